The lowest BCUT2D eigenvalue weighted by Gasteiger charge is -2.27. The molecule has 4 rings (SSSR count). The molecule has 1 atom stereocenters. The molecule has 0 bridgehead atoms. The first kappa shape index (κ1) is 20.1. The van der Waals surface area contributed by atoms with Crippen LogP contribution in [0.5, 0.6) is 0 Å². The number of rotatable bonds is 7. The molecule has 6 nitrogen and oxygen atoms in total. The maximum atomic E-state index is 12.5. The Hall–Kier alpha value is -2.22. The third-order valence-corrected chi connectivity index (χ3v) is 6.55. The van der Waals surface area contributed by atoms with E-state index in [-0.39, 0.29) is 11.8 Å². The van der Waals surface area contributed by atoms with Crippen LogP contribution in [0.25, 0.3) is 0 Å². The maximum Gasteiger partial charge on any atom is 0.265 e. The molecule has 2 fully saturated rings. The number of carbonyl (C=O) groups is 2. The van der Waals surface area contributed by atoms with E-state index < -0.39 is 0 Å². The molecule has 0 spiro atoms. The van der Waals surface area contributed by atoms with Gasteiger partial charge in [0.15, 0.2) is 0 Å². The van der Waals surface area contributed by atoms with E-state index in [1.165, 1.54) is 50.1 Å². The zero-order valence-electron chi connectivity index (χ0n) is 16.6. The number of nitrogens with zero attached hydrogens (tertiary/aromatic N) is 2. The Morgan fingerprint density at radius 2 is 1.69 bits per heavy atom. The minimum absolute atomic E-state index is 0.0219. The molecule has 2 N–H and O–H groups in total. The van der Waals surface area contributed by atoms with Gasteiger partial charge in [-0.15, -0.1) is 11.3 Å². The molecular formula is C22H28N4O2S. The van der Waals surface area contributed by atoms with Crippen molar-refractivity contribution in [3.8, 4) is 0 Å². The Morgan fingerprint density at radius 1 is 0.966 bits per heavy atom. The topological polar surface area (TPSA) is 64.7 Å². The fourth-order valence-corrected chi connectivity index (χ4v) is 4.81. The van der Waals surface area contributed by atoms with Crippen LogP contribution in [-0.2, 0) is 4.79 Å². The number of thiophene rings is 1. The van der Waals surface area contributed by atoms with Gasteiger partial charge in [-0.25, -0.2) is 0 Å². The molecule has 2 aliphatic rings. The number of amides is 2. The van der Waals surface area contributed by atoms with Gasteiger partial charge in [0.1, 0.15) is 0 Å². The Balaban J connectivity index is 1.26. The molecule has 29 heavy (non-hydrogen) atoms. The Bertz CT molecular complexity index is 816. The van der Waals surface area contributed by atoms with Crippen molar-refractivity contribution in [2.24, 2.45) is 0 Å². The van der Waals surface area contributed by atoms with E-state index in [0.29, 0.717) is 23.2 Å². The first-order chi connectivity index (χ1) is 14.2. The number of nitrogens with one attached hydrogen (secondary N) is 2. The van der Waals surface area contributed by atoms with E-state index in [2.05, 4.69) is 20.4 Å². The fourth-order valence-electron chi connectivity index (χ4n) is 4.20. The van der Waals surface area contributed by atoms with Crippen LogP contribution >= 0.6 is 11.3 Å². The van der Waals surface area contributed by atoms with E-state index in [9.17, 15) is 9.59 Å². The molecule has 1 aromatic carbocycles. The van der Waals surface area contributed by atoms with Crippen LogP contribution in [0, 0.1) is 0 Å². The van der Waals surface area contributed by atoms with Crippen molar-refractivity contribution in [1.29, 1.82) is 0 Å². The third-order valence-electron chi connectivity index (χ3n) is 5.68. The predicted molar refractivity (Wildman–Crippen MR) is 118 cm³/mol. The predicted octanol–water partition coefficient (Wildman–Crippen LogP) is 3.50. The summed E-state index contributed by atoms with van der Waals surface area (Å²) in [6.07, 6.45) is 4.96. The van der Waals surface area contributed by atoms with Gasteiger partial charge in [-0.1, -0.05) is 6.07 Å². The number of benzene rings is 1. The molecule has 7 heteroatoms. The highest BCUT2D eigenvalue weighted by molar-refractivity contribution is 7.12. The van der Waals surface area contributed by atoms with E-state index in [0.717, 1.165) is 18.8 Å². The number of anilines is 2. The maximum absolute atomic E-state index is 12.5. The van der Waals surface area contributed by atoms with Crippen LogP contribution in [-0.4, -0.2) is 60.4 Å². The molecule has 0 radical (unpaired) electrons. The molecule has 2 saturated heterocycles. The summed E-state index contributed by atoms with van der Waals surface area (Å²) >= 11 is 1.41. The summed E-state index contributed by atoms with van der Waals surface area (Å²) in [5.41, 5.74) is 1.46. The second-order valence-electron chi connectivity index (χ2n) is 7.83. The van der Waals surface area contributed by atoms with Crippen LogP contribution in [0.1, 0.15) is 35.4 Å². The first-order valence-corrected chi connectivity index (χ1v) is 11.3. The standard InChI is InChI=1S/C22H28N4O2S/c27-21(16-26-13-3-5-19(26)15-25-11-1-2-12-25)23-17-7-9-18(10-8-17)24-22(28)20-6-4-14-29-20/h4,6-10,14,19H,1-3,5,11-13,15-16H2,(H,23,27)(H,24,28). The number of hydrogen-bond donors (Lipinski definition) is 2. The summed E-state index contributed by atoms with van der Waals surface area (Å²) in [5, 5.41) is 7.73. The molecule has 2 amide bonds. The average Bonchev–Trinajstić information content (AvgIpc) is 3.47. The third kappa shape index (κ3) is 5.44. The monoisotopic (exact) mass is 412 g/mol. The molecule has 2 aromatic rings. The Kier molecular flexibility index (Phi) is 6.59. The Labute approximate surface area is 175 Å². The molecule has 3 heterocycles. The molecule has 154 valence electrons. The van der Waals surface area contributed by atoms with Crippen LogP contribution in [0.3, 0.4) is 0 Å². The summed E-state index contributed by atoms with van der Waals surface area (Å²) in [6.45, 7) is 4.93. The van der Waals surface area contributed by atoms with Crippen LogP contribution in [0.15, 0.2) is 41.8 Å². The number of likely N-dealkylation sites (tertiary alicyclic amines) is 2. The summed E-state index contributed by atoms with van der Waals surface area (Å²) < 4.78 is 0. The molecule has 2 aliphatic heterocycles. The number of hydrogen-bond acceptors (Lipinski definition) is 5. The summed E-state index contributed by atoms with van der Waals surface area (Å²) in [4.78, 5) is 30.2. The highest BCUT2D eigenvalue weighted by atomic mass is 32.1. The highest BCUT2D eigenvalue weighted by Crippen LogP contribution is 2.21. The van der Waals surface area contributed by atoms with Gasteiger partial charge in [0.2, 0.25) is 5.91 Å². The van der Waals surface area contributed by atoms with Crippen molar-refractivity contribution >= 4 is 34.5 Å². The van der Waals surface area contributed by atoms with Gasteiger partial charge in [0.05, 0.1) is 11.4 Å². The Morgan fingerprint density at radius 3 is 2.38 bits per heavy atom. The average molecular weight is 413 g/mol. The largest absolute Gasteiger partial charge is 0.325 e. The van der Waals surface area contributed by atoms with Crippen molar-refractivity contribution in [1.82, 2.24) is 9.80 Å². The van der Waals surface area contributed by atoms with Gasteiger partial charge in [-0.2, -0.15) is 0 Å². The van der Waals surface area contributed by atoms with Crippen LogP contribution in [0.2, 0.25) is 0 Å². The van der Waals surface area contributed by atoms with Crippen LogP contribution < -0.4 is 10.6 Å². The van der Waals surface area contributed by atoms with Crippen molar-refractivity contribution < 1.29 is 9.59 Å². The van der Waals surface area contributed by atoms with E-state index in [1.807, 2.05) is 35.7 Å². The highest BCUT2D eigenvalue weighted by Gasteiger charge is 2.28. The molecule has 0 aliphatic carbocycles. The first-order valence-electron chi connectivity index (χ1n) is 10.4. The fraction of sp³-hybridized carbons (Fsp3) is 0.455. The molecular weight excluding hydrogens is 384 g/mol. The number of carbonyl (C=O) groups excluding carboxylic acids is 2. The lowest BCUT2D eigenvalue weighted by molar-refractivity contribution is -0.117. The molecule has 1 unspecified atom stereocenters. The normalized spacial score (nSPS) is 20.1. The van der Waals surface area contributed by atoms with Gasteiger partial charge < -0.3 is 15.5 Å². The summed E-state index contributed by atoms with van der Waals surface area (Å²) in [5.74, 6) is -0.0939. The van der Waals surface area contributed by atoms with E-state index in [4.69, 9.17) is 0 Å². The lowest BCUT2D eigenvalue weighted by Crippen LogP contribution is -2.42. The second-order valence-corrected chi connectivity index (χ2v) is 8.78. The van der Waals surface area contributed by atoms with E-state index >= 15 is 0 Å². The van der Waals surface area contributed by atoms with Crippen molar-refractivity contribution in [2.75, 3.05) is 43.4 Å². The van der Waals surface area contributed by atoms with E-state index in [1.54, 1.807) is 6.07 Å². The zero-order valence-corrected chi connectivity index (χ0v) is 17.4. The van der Waals surface area contributed by atoms with Gasteiger partial charge in [0.25, 0.3) is 5.91 Å². The second kappa shape index (κ2) is 9.52. The van der Waals surface area contributed by atoms with Gasteiger partial charge in [0, 0.05) is 24.0 Å². The smallest absolute Gasteiger partial charge is 0.265 e. The SMILES string of the molecule is O=C(CN1CCCC1CN1CCCC1)Nc1ccc(NC(=O)c2cccs2)cc1. The molecule has 1 aromatic heterocycles. The van der Waals surface area contributed by atoms with Crippen molar-refractivity contribution in [3.63, 3.8) is 0 Å². The van der Waals surface area contributed by atoms with Crippen molar-refractivity contribution in [3.05, 3.63) is 46.7 Å². The minimum atomic E-state index is -0.116. The summed E-state index contributed by atoms with van der Waals surface area (Å²) in [7, 11) is 0. The van der Waals surface area contributed by atoms with Gasteiger partial charge in [-0.05, 0) is 81.0 Å². The minimum Gasteiger partial charge on any atom is -0.325 e. The van der Waals surface area contributed by atoms with Crippen molar-refractivity contribution in [2.45, 2.75) is 31.7 Å². The zero-order chi connectivity index (χ0) is 20.1. The van der Waals surface area contributed by atoms with Gasteiger partial charge >= 0.3 is 0 Å². The quantitative estimate of drug-likeness (QED) is 0.731. The van der Waals surface area contributed by atoms with Crippen LogP contribution in [0.4, 0.5) is 11.4 Å². The summed E-state index contributed by atoms with van der Waals surface area (Å²) in [6, 6.07) is 11.4. The van der Waals surface area contributed by atoms with Gasteiger partial charge in [-0.3, -0.25) is 14.5 Å². The lowest BCUT2D eigenvalue weighted by atomic mass is 10.2. The molecule has 0 saturated carbocycles.